The van der Waals surface area contributed by atoms with Gasteiger partial charge in [-0.3, -0.25) is 4.90 Å². The van der Waals surface area contributed by atoms with E-state index < -0.39 is 0 Å². The second-order valence-electron chi connectivity index (χ2n) is 6.18. The van der Waals surface area contributed by atoms with Crippen LogP contribution < -0.4 is 10.6 Å². The zero-order chi connectivity index (χ0) is 17.6. The molecule has 1 aliphatic heterocycles. The molecule has 1 fully saturated rings. The quantitative estimate of drug-likeness (QED) is 0.670. The van der Waals surface area contributed by atoms with Crippen molar-refractivity contribution < 1.29 is 9.53 Å². The van der Waals surface area contributed by atoms with Crippen LogP contribution in [0.1, 0.15) is 18.5 Å². The third-order valence-electron chi connectivity index (χ3n) is 4.56. The fourth-order valence-corrected chi connectivity index (χ4v) is 3.28. The van der Waals surface area contributed by atoms with E-state index in [4.69, 9.17) is 10.5 Å². The van der Waals surface area contributed by atoms with Crippen LogP contribution in [0.15, 0.2) is 54.6 Å². The third-order valence-corrected chi connectivity index (χ3v) is 4.56. The summed E-state index contributed by atoms with van der Waals surface area (Å²) in [5.41, 5.74) is 8.69. The van der Waals surface area contributed by atoms with Gasteiger partial charge in [-0.1, -0.05) is 30.3 Å². The monoisotopic (exact) mass is 339 g/mol. The number of anilines is 2. The molecule has 1 heterocycles. The van der Waals surface area contributed by atoms with Crippen molar-refractivity contribution >= 4 is 17.3 Å². The van der Waals surface area contributed by atoms with Crippen LogP contribution in [-0.2, 0) is 9.53 Å². The molecule has 25 heavy (non-hydrogen) atoms. The largest absolute Gasteiger partial charge is 0.465 e. The number of nitrogens with two attached hydrogens (primary N) is 1. The summed E-state index contributed by atoms with van der Waals surface area (Å²) < 4.78 is 5.33. The van der Waals surface area contributed by atoms with Crippen molar-refractivity contribution in [3.63, 3.8) is 0 Å². The summed E-state index contributed by atoms with van der Waals surface area (Å²) in [6.07, 6.45) is 0. The maximum Gasteiger partial charge on any atom is 0.328 e. The first-order chi connectivity index (χ1) is 12.2. The molecule has 2 N–H and O–H groups in total. The molecule has 0 aromatic heterocycles. The first kappa shape index (κ1) is 17.3. The molecule has 0 amide bonds. The number of hydrogen-bond donors (Lipinski definition) is 1. The number of esters is 1. The Kier molecular flexibility index (Phi) is 5.56. The Labute approximate surface area is 149 Å². The van der Waals surface area contributed by atoms with Gasteiger partial charge in [0.2, 0.25) is 0 Å². The lowest BCUT2D eigenvalue weighted by Gasteiger charge is -2.39. The number of piperazine rings is 1. The molecule has 1 aliphatic rings. The zero-order valence-electron chi connectivity index (χ0n) is 14.6. The Morgan fingerprint density at radius 1 is 1.04 bits per heavy atom. The lowest BCUT2D eigenvalue weighted by Crippen LogP contribution is -2.49. The Morgan fingerprint density at radius 3 is 2.28 bits per heavy atom. The van der Waals surface area contributed by atoms with Crippen molar-refractivity contribution in [1.29, 1.82) is 0 Å². The van der Waals surface area contributed by atoms with E-state index in [0.29, 0.717) is 6.61 Å². The number of nitrogens with zero attached hydrogens (tertiary/aromatic N) is 2. The van der Waals surface area contributed by atoms with E-state index in [1.165, 1.54) is 5.69 Å². The Hall–Kier alpha value is -2.53. The van der Waals surface area contributed by atoms with Crippen LogP contribution in [0, 0.1) is 0 Å². The number of rotatable bonds is 5. The lowest BCUT2D eigenvalue weighted by atomic mass is 10.0. The average molecular weight is 339 g/mol. The molecule has 0 radical (unpaired) electrons. The molecule has 2 aromatic rings. The van der Waals surface area contributed by atoms with E-state index in [9.17, 15) is 4.79 Å². The molecular weight excluding hydrogens is 314 g/mol. The average Bonchev–Trinajstić information content (AvgIpc) is 2.64. The summed E-state index contributed by atoms with van der Waals surface area (Å²) in [4.78, 5) is 17.1. The number of carbonyl (C=O) groups is 1. The zero-order valence-corrected chi connectivity index (χ0v) is 14.6. The van der Waals surface area contributed by atoms with Gasteiger partial charge < -0.3 is 15.4 Å². The van der Waals surface area contributed by atoms with E-state index in [1.54, 1.807) is 0 Å². The maximum atomic E-state index is 12.5. The van der Waals surface area contributed by atoms with Gasteiger partial charge in [-0.15, -0.1) is 0 Å². The van der Waals surface area contributed by atoms with Gasteiger partial charge in [0, 0.05) is 37.6 Å². The van der Waals surface area contributed by atoms with Crippen LogP contribution >= 0.6 is 0 Å². The molecular formula is C20H25N3O2. The van der Waals surface area contributed by atoms with Crippen LogP contribution in [0.25, 0.3) is 0 Å². The van der Waals surface area contributed by atoms with E-state index in [2.05, 4.69) is 9.80 Å². The summed E-state index contributed by atoms with van der Waals surface area (Å²) in [6.45, 7) is 5.59. The minimum atomic E-state index is -0.338. The number of hydrogen-bond acceptors (Lipinski definition) is 5. The molecule has 3 rings (SSSR count). The molecule has 1 atom stereocenters. The first-order valence-corrected chi connectivity index (χ1v) is 8.75. The molecule has 0 saturated carbocycles. The molecule has 5 nitrogen and oxygen atoms in total. The van der Waals surface area contributed by atoms with Crippen molar-refractivity contribution in [3.05, 3.63) is 60.2 Å². The summed E-state index contributed by atoms with van der Waals surface area (Å²) in [5.74, 6) is -0.172. The van der Waals surface area contributed by atoms with E-state index in [-0.39, 0.29) is 12.0 Å². The molecule has 5 heteroatoms. The van der Waals surface area contributed by atoms with Crippen LogP contribution in [-0.4, -0.2) is 43.7 Å². The minimum Gasteiger partial charge on any atom is -0.465 e. The molecule has 0 spiro atoms. The molecule has 132 valence electrons. The minimum absolute atomic E-state index is 0.172. The first-order valence-electron chi connectivity index (χ1n) is 8.75. The van der Waals surface area contributed by atoms with Crippen LogP contribution in [0.5, 0.6) is 0 Å². The van der Waals surface area contributed by atoms with E-state index in [1.807, 2.05) is 61.5 Å². The van der Waals surface area contributed by atoms with Gasteiger partial charge in [0.25, 0.3) is 0 Å². The second kappa shape index (κ2) is 8.03. The van der Waals surface area contributed by atoms with Gasteiger partial charge in [-0.05, 0) is 36.8 Å². The fourth-order valence-electron chi connectivity index (χ4n) is 3.28. The van der Waals surface area contributed by atoms with Gasteiger partial charge >= 0.3 is 5.97 Å². The van der Waals surface area contributed by atoms with Gasteiger partial charge in [0.1, 0.15) is 6.04 Å². The van der Waals surface area contributed by atoms with Crippen LogP contribution in [0.2, 0.25) is 0 Å². The molecule has 0 aliphatic carbocycles. The SMILES string of the molecule is CCOC(=O)[C@H](c1ccccc1)N1CCN(c2ccc(N)cc2)CC1. The standard InChI is InChI=1S/C20H25N3O2/c1-2-25-20(24)19(16-6-4-3-5-7-16)23-14-12-22(13-15-23)18-10-8-17(21)9-11-18/h3-11,19H,2,12-15,21H2,1H3/t19-/m0/s1. The van der Waals surface area contributed by atoms with Crippen LogP contribution in [0.4, 0.5) is 11.4 Å². The number of ether oxygens (including phenoxy) is 1. The van der Waals surface area contributed by atoms with E-state index in [0.717, 1.165) is 37.4 Å². The number of carbonyl (C=O) groups excluding carboxylic acids is 1. The molecule has 0 unspecified atom stereocenters. The van der Waals surface area contributed by atoms with Gasteiger partial charge in [0.15, 0.2) is 0 Å². The summed E-state index contributed by atoms with van der Waals surface area (Å²) >= 11 is 0. The van der Waals surface area contributed by atoms with Crippen molar-refractivity contribution in [2.24, 2.45) is 0 Å². The smallest absolute Gasteiger partial charge is 0.328 e. The molecule has 0 bridgehead atoms. The summed E-state index contributed by atoms with van der Waals surface area (Å²) in [6, 6.07) is 17.5. The topological polar surface area (TPSA) is 58.8 Å². The number of nitrogen functional groups attached to an aromatic ring is 1. The van der Waals surface area contributed by atoms with Gasteiger partial charge in [0.05, 0.1) is 6.61 Å². The highest BCUT2D eigenvalue weighted by atomic mass is 16.5. The highest BCUT2D eigenvalue weighted by Crippen LogP contribution is 2.26. The predicted octanol–water partition coefficient (Wildman–Crippen LogP) is 2.70. The predicted molar refractivity (Wildman–Crippen MR) is 100 cm³/mol. The highest BCUT2D eigenvalue weighted by molar-refractivity contribution is 5.77. The second-order valence-corrected chi connectivity index (χ2v) is 6.18. The Balaban J connectivity index is 1.71. The summed E-state index contributed by atoms with van der Waals surface area (Å²) in [5, 5.41) is 0. The number of benzene rings is 2. The third kappa shape index (κ3) is 4.12. The van der Waals surface area contributed by atoms with Crippen molar-refractivity contribution in [2.75, 3.05) is 43.4 Å². The molecule has 1 saturated heterocycles. The lowest BCUT2D eigenvalue weighted by molar-refractivity contribution is -0.150. The fraction of sp³-hybridized carbons (Fsp3) is 0.350. The van der Waals surface area contributed by atoms with Crippen molar-refractivity contribution in [1.82, 2.24) is 4.90 Å². The maximum absolute atomic E-state index is 12.5. The summed E-state index contributed by atoms with van der Waals surface area (Å²) in [7, 11) is 0. The van der Waals surface area contributed by atoms with Gasteiger partial charge in [-0.2, -0.15) is 0 Å². The Morgan fingerprint density at radius 2 is 1.68 bits per heavy atom. The van der Waals surface area contributed by atoms with Crippen molar-refractivity contribution in [2.45, 2.75) is 13.0 Å². The Bertz CT molecular complexity index is 680. The molecule has 2 aromatic carbocycles. The van der Waals surface area contributed by atoms with Crippen LogP contribution in [0.3, 0.4) is 0 Å². The normalized spacial score (nSPS) is 16.4. The highest BCUT2D eigenvalue weighted by Gasteiger charge is 2.31. The van der Waals surface area contributed by atoms with Gasteiger partial charge in [-0.25, -0.2) is 4.79 Å². The van der Waals surface area contributed by atoms with Crippen molar-refractivity contribution in [3.8, 4) is 0 Å². The van der Waals surface area contributed by atoms with E-state index >= 15 is 0 Å².